The molecule has 0 saturated heterocycles. The molecule has 0 aromatic carbocycles. The monoisotopic (exact) mass is 200 g/mol. The molecule has 1 rings (SSSR count). The van der Waals surface area contributed by atoms with Crippen LogP contribution in [0, 0.1) is 0 Å². The van der Waals surface area contributed by atoms with E-state index in [1.807, 2.05) is 27.7 Å². The highest BCUT2D eigenvalue weighted by molar-refractivity contribution is 8.76. The van der Waals surface area contributed by atoms with E-state index in [1.54, 1.807) is 0 Å². The second kappa shape index (κ2) is 6.38. The highest BCUT2D eigenvalue weighted by Crippen LogP contribution is 2.16. The lowest BCUT2D eigenvalue weighted by molar-refractivity contribution is -0.696. The third-order valence-electron chi connectivity index (χ3n) is 1.54. The van der Waals surface area contributed by atoms with Gasteiger partial charge in [0.2, 0.25) is 0 Å². The second-order valence-corrected chi connectivity index (χ2v) is 5.14. The fourth-order valence-corrected chi connectivity index (χ4v) is 2.24. The molecule has 0 atom stereocenters. The average Bonchev–Trinajstić information content (AvgIpc) is 2.14. The van der Waals surface area contributed by atoms with Crippen LogP contribution in [-0.2, 0) is 6.54 Å². The molecule has 0 amide bonds. The first-order valence-corrected chi connectivity index (χ1v) is 6.76. The molecule has 0 aliphatic heterocycles. The summed E-state index contributed by atoms with van der Waals surface area (Å²) in [5.74, 6) is 1.24. The molecule has 1 heterocycles. The van der Waals surface area contributed by atoms with Crippen molar-refractivity contribution in [3.8, 4) is 0 Å². The van der Waals surface area contributed by atoms with Crippen LogP contribution < -0.4 is 4.57 Å². The van der Waals surface area contributed by atoms with Crippen molar-refractivity contribution in [3.63, 3.8) is 0 Å². The summed E-state index contributed by atoms with van der Waals surface area (Å²) in [7, 11) is 3.77. The van der Waals surface area contributed by atoms with Crippen molar-refractivity contribution in [2.45, 2.75) is 13.0 Å². The van der Waals surface area contributed by atoms with Gasteiger partial charge in [0, 0.05) is 24.3 Å². The van der Waals surface area contributed by atoms with Crippen LogP contribution in [0.4, 0.5) is 0 Å². The molecule has 1 nitrogen and oxygen atoms in total. The van der Waals surface area contributed by atoms with Gasteiger partial charge in [0.1, 0.15) is 6.54 Å². The fourth-order valence-electron chi connectivity index (χ4n) is 0.973. The van der Waals surface area contributed by atoms with Crippen LogP contribution in [0.15, 0.2) is 30.6 Å². The molecule has 66 valence electrons. The maximum Gasteiger partial charge on any atom is 0.168 e. The molecule has 0 aliphatic rings. The largest absolute Gasteiger partial charge is 0.205 e. The Balaban J connectivity index is 2.16. The van der Waals surface area contributed by atoms with E-state index >= 15 is 0 Å². The number of pyridine rings is 1. The van der Waals surface area contributed by atoms with Crippen molar-refractivity contribution in [1.82, 2.24) is 0 Å². The Labute approximate surface area is 82.0 Å². The average molecular weight is 200 g/mol. The van der Waals surface area contributed by atoms with E-state index in [0.29, 0.717) is 0 Å². The van der Waals surface area contributed by atoms with Crippen LogP contribution in [0.3, 0.4) is 0 Å². The van der Waals surface area contributed by atoms with Crippen molar-refractivity contribution < 1.29 is 4.57 Å². The van der Waals surface area contributed by atoms with Crippen LogP contribution in [0.2, 0.25) is 0 Å². The quantitative estimate of drug-likeness (QED) is 0.408. The van der Waals surface area contributed by atoms with Crippen LogP contribution >= 0.6 is 21.6 Å². The summed E-state index contributed by atoms with van der Waals surface area (Å²) in [6.07, 6.45) is 7.61. The number of aromatic nitrogens is 1. The first-order valence-electron chi connectivity index (χ1n) is 4.03. The van der Waals surface area contributed by atoms with Gasteiger partial charge in [-0.15, -0.1) is 0 Å². The first-order chi connectivity index (χ1) is 5.93. The third-order valence-corrected chi connectivity index (χ3v) is 3.44. The molecule has 0 spiro atoms. The number of hydrogen-bond acceptors (Lipinski definition) is 2. The zero-order valence-corrected chi connectivity index (χ0v) is 8.90. The maximum absolute atomic E-state index is 2.22. The lowest BCUT2D eigenvalue weighted by Crippen LogP contribution is -2.32. The molecule has 0 saturated carbocycles. The predicted molar refractivity (Wildman–Crippen MR) is 57.2 cm³/mol. The molecule has 0 bridgehead atoms. The summed E-state index contributed by atoms with van der Waals surface area (Å²) >= 11 is 0. The van der Waals surface area contributed by atoms with E-state index < -0.39 is 0 Å². The van der Waals surface area contributed by atoms with E-state index in [1.165, 1.54) is 12.2 Å². The van der Waals surface area contributed by atoms with E-state index in [4.69, 9.17) is 0 Å². The van der Waals surface area contributed by atoms with Crippen molar-refractivity contribution >= 4 is 21.6 Å². The highest BCUT2D eigenvalue weighted by Gasteiger charge is 1.96. The summed E-state index contributed by atoms with van der Waals surface area (Å²) in [5.41, 5.74) is 0. The minimum atomic E-state index is 1.13. The molecule has 0 N–H and O–H groups in total. The lowest BCUT2D eigenvalue weighted by atomic mass is 10.4. The summed E-state index contributed by atoms with van der Waals surface area (Å²) in [5, 5.41) is 0. The van der Waals surface area contributed by atoms with Gasteiger partial charge in [0.05, 0.1) is 0 Å². The van der Waals surface area contributed by atoms with Crippen LogP contribution in [0.1, 0.15) is 6.42 Å². The maximum atomic E-state index is 2.22. The van der Waals surface area contributed by atoms with Gasteiger partial charge in [-0.05, 0) is 6.26 Å². The van der Waals surface area contributed by atoms with Gasteiger partial charge >= 0.3 is 0 Å². The van der Waals surface area contributed by atoms with E-state index in [-0.39, 0.29) is 0 Å². The van der Waals surface area contributed by atoms with Gasteiger partial charge in [-0.1, -0.05) is 27.7 Å². The van der Waals surface area contributed by atoms with Crippen molar-refractivity contribution in [1.29, 1.82) is 0 Å². The van der Waals surface area contributed by atoms with Crippen LogP contribution in [-0.4, -0.2) is 12.0 Å². The summed E-state index contributed by atoms with van der Waals surface area (Å²) in [4.78, 5) is 0. The minimum absolute atomic E-state index is 1.13. The third kappa shape index (κ3) is 4.02. The molecule has 0 unspecified atom stereocenters. The molecule has 1 aromatic heterocycles. The number of hydrogen-bond donors (Lipinski definition) is 0. The molecule has 0 radical (unpaired) electrons. The Hall–Kier alpha value is -0.150. The Kier molecular flexibility index (Phi) is 5.28. The predicted octanol–water partition coefficient (Wildman–Crippen LogP) is 2.38. The lowest BCUT2D eigenvalue weighted by Gasteiger charge is -1.95. The minimum Gasteiger partial charge on any atom is -0.205 e. The zero-order chi connectivity index (χ0) is 8.65. The van der Waals surface area contributed by atoms with Crippen LogP contribution in [0.25, 0.3) is 0 Å². The summed E-state index contributed by atoms with van der Waals surface area (Å²) in [6, 6.07) is 6.19. The Bertz CT molecular complexity index is 201. The highest BCUT2D eigenvalue weighted by atomic mass is 33.1. The molecule has 12 heavy (non-hydrogen) atoms. The standard InChI is InChI=1S/C9H14NS2/c1-11-12-9-5-8-10-6-3-2-4-7-10/h2-4,6-7H,5,8-9H2,1H3/q+1. The van der Waals surface area contributed by atoms with Gasteiger partial charge in [0.25, 0.3) is 0 Å². The van der Waals surface area contributed by atoms with Crippen molar-refractivity contribution in [2.24, 2.45) is 0 Å². The number of rotatable bonds is 5. The molecule has 0 fully saturated rings. The number of nitrogens with zero attached hydrogens (tertiary/aromatic N) is 1. The Morgan fingerprint density at radius 2 is 1.92 bits per heavy atom. The smallest absolute Gasteiger partial charge is 0.168 e. The Morgan fingerprint density at radius 1 is 1.17 bits per heavy atom. The van der Waals surface area contributed by atoms with Gasteiger partial charge in [-0.25, -0.2) is 4.57 Å². The molecule has 3 heteroatoms. The molecule has 1 aromatic rings. The SMILES string of the molecule is CSSCCC[n+]1ccccc1. The first kappa shape index (κ1) is 9.93. The summed E-state index contributed by atoms with van der Waals surface area (Å²) in [6.45, 7) is 1.13. The Morgan fingerprint density at radius 3 is 2.58 bits per heavy atom. The van der Waals surface area contributed by atoms with E-state index in [9.17, 15) is 0 Å². The number of aryl methyl sites for hydroxylation is 1. The molecular weight excluding hydrogens is 186 g/mol. The van der Waals surface area contributed by atoms with E-state index in [2.05, 4.69) is 35.3 Å². The fraction of sp³-hybridized carbons (Fsp3) is 0.444. The van der Waals surface area contributed by atoms with Gasteiger partial charge in [-0.3, -0.25) is 0 Å². The van der Waals surface area contributed by atoms with E-state index in [0.717, 1.165) is 6.54 Å². The van der Waals surface area contributed by atoms with Crippen molar-refractivity contribution in [2.75, 3.05) is 12.0 Å². The zero-order valence-electron chi connectivity index (χ0n) is 7.27. The normalized spacial score (nSPS) is 10.1. The molecule has 0 aliphatic carbocycles. The summed E-state index contributed by atoms with van der Waals surface area (Å²) < 4.78 is 2.22. The van der Waals surface area contributed by atoms with Gasteiger partial charge < -0.3 is 0 Å². The van der Waals surface area contributed by atoms with Crippen LogP contribution in [0.5, 0.6) is 0 Å². The van der Waals surface area contributed by atoms with Gasteiger partial charge in [-0.2, -0.15) is 0 Å². The second-order valence-electron chi connectivity index (χ2n) is 2.46. The topological polar surface area (TPSA) is 3.88 Å². The van der Waals surface area contributed by atoms with Gasteiger partial charge in [0.15, 0.2) is 12.4 Å². The molecular formula is C9H14NS2+. The van der Waals surface area contributed by atoms with Crippen molar-refractivity contribution in [3.05, 3.63) is 30.6 Å².